The van der Waals surface area contributed by atoms with Crippen molar-refractivity contribution in [2.75, 3.05) is 25.1 Å². The molecule has 1 aliphatic rings. The van der Waals surface area contributed by atoms with Gasteiger partial charge in [0.05, 0.1) is 17.9 Å². The van der Waals surface area contributed by atoms with Crippen LogP contribution in [0.5, 0.6) is 5.75 Å². The van der Waals surface area contributed by atoms with Crippen LogP contribution in [0.2, 0.25) is 0 Å². The molecular formula is C24H30N2O4. The average Bonchev–Trinajstić information content (AvgIpc) is 2.78. The van der Waals surface area contributed by atoms with Crippen LogP contribution < -0.4 is 15.4 Å². The van der Waals surface area contributed by atoms with Crippen LogP contribution in [-0.4, -0.2) is 37.7 Å². The van der Waals surface area contributed by atoms with Gasteiger partial charge in [-0.3, -0.25) is 9.59 Å². The van der Waals surface area contributed by atoms with Gasteiger partial charge in [0.2, 0.25) is 0 Å². The summed E-state index contributed by atoms with van der Waals surface area (Å²) in [6.07, 6.45) is 5.54. The molecular weight excluding hydrogens is 380 g/mol. The number of hydrogen-bond donors (Lipinski definition) is 2. The van der Waals surface area contributed by atoms with Crippen LogP contribution in [0.15, 0.2) is 48.5 Å². The highest BCUT2D eigenvalue weighted by molar-refractivity contribution is 6.09. The zero-order chi connectivity index (χ0) is 21.2. The Kier molecular flexibility index (Phi) is 8.27. The molecule has 1 aliphatic carbocycles. The molecule has 0 saturated heterocycles. The zero-order valence-electron chi connectivity index (χ0n) is 17.5. The third-order valence-corrected chi connectivity index (χ3v) is 5.16. The molecule has 2 N–H and O–H groups in total. The van der Waals surface area contributed by atoms with E-state index < -0.39 is 0 Å². The molecule has 2 aromatic rings. The highest BCUT2D eigenvalue weighted by Gasteiger charge is 2.19. The van der Waals surface area contributed by atoms with Crippen LogP contribution in [0.3, 0.4) is 0 Å². The number of carbonyl (C=O) groups excluding carboxylic acids is 2. The van der Waals surface area contributed by atoms with Gasteiger partial charge in [0.1, 0.15) is 12.4 Å². The Morgan fingerprint density at radius 3 is 2.57 bits per heavy atom. The molecule has 0 heterocycles. The number of anilines is 1. The molecule has 160 valence electrons. The topological polar surface area (TPSA) is 76.7 Å². The number of ether oxygens (including phenoxy) is 2. The fourth-order valence-corrected chi connectivity index (χ4v) is 3.58. The van der Waals surface area contributed by atoms with Crippen molar-refractivity contribution in [1.29, 1.82) is 0 Å². The minimum absolute atomic E-state index is 0.147. The average molecular weight is 411 g/mol. The number of hydrogen-bond acceptors (Lipinski definition) is 4. The van der Waals surface area contributed by atoms with Crippen LogP contribution >= 0.6 is 0 Å². The van der Waals surface area contributed by atoms with Crippen molar-refractivity contribution < 1.29 is 19.1 Å². The van der Waals surface area contributed by atoms with Crippen LogP contribution in [0.4, 0.5) is 5.69 Å². The van der Waals surface area contributed by atoms with Crippen LogP contribution in [-0.2, 0) is 4.74 Å². The number of carbonyl (C=O) groups is 2. The number of amides is 2. The maximum atomic E-state index is 12.8. The normalized spacial score (nSPS) is 14.2. The Morgan fingerprint density at radius 2 is 1.77 bits per heavy atom. The maximum absolute atomic E-state index is 12.8. The summed E-state index contributed by atoms with van der Waals surface area (Å²) in [4.78, 5) is 25.6. The van der Waals surface area contributed by atoms with Gasteiger partial charge in [-0.15, -0.1) is 0 Å². The summed E-state index contributed by atoms with van der Waals surface area (Å²) in [5.41, 5.74) is 1.44. The van der Waals surface area contributed by atoms with Crippen LogP contribution in [0, 0.1) is 0 Å². The summed E-state index contributed by atoms with van der Waals surface area (Å²) in [6.45, 7) is 3.48. The molecule has 0 unspecified atom stereocenters. The van der Waals surface area contributed by atoms with Gasteiger partial charge < -0.3 is 20.1 Å². The number of rotatable bonds is 9. The van der Waals surface area contributed by atoms with E-state index in [9.17, 15) is 9.59 Å². The van der Waals surface area contributed by atoms with Gasteiger partial charge in [-0.05, 0) is 50.1 Å². The molecule has 0 atom stereocenters. The lowest BCUT2D eigenvalue weighted by atomic mass is 9.95. The van der Waals surface area contributed by atoms with E-state index in [1.54, 1.807) is 48.5 Å². The van der Waals surface area contributed by atoms with Gasteiger partial charge in [-0.1, -0.05) is 37.5 Å². The van der Waals surface area contributed by atoms with Gasteiger partial charge in [0.15, 0.2) is 0 Å². The van der Waals surface area contributed by atoms with Gasteiger partial charge in [0.25, 0.3) is 11.8 Å². The molecule has 3 rings (SSSR count). The smallest absolute Gasteiger partial charge is 0.255 e. The molecule has 2 aromatic carbocycles. The highest BCUT2D eigenvalue weighted by Crippen LogP contribution is 2.21. The monoisotopic (exact) mass is 410 g/mol. The minimum Gasteiger partial charge on any atom is -0.491 e. The molecule has 6 nitrogen and oxygen atoms in total. The SMILES string of the molecule is CCOCCOc1cccc(C(=O)Nc2ccccc2C(=O)NC2CCCCC2)c1. The Bertz CT molecular complexity index is 847. The lowest BCUT2D eigenvalue weighted by Gasteiger charge is -2.23. The largest absolute Gasteiger partial charge is 0.491 e. The third kappa shape index (κ3) is 6.32. The van der Waals surface area contributed by atoms with E-state index in [1.165, 1.54) is 6.42 Å². The van der Waals surface area contributed by atoms with Crippen molar-refractivity contribution in [3.8, 4) is 5.75 Å². The van der Waals surface area contributed by atoms with Crippen molar-refractivity contribution in [2.24, 2.45) is 0 Å². The molecule has 0 radical (unpaired) electrons. The first kappa shape index (κ1) is 21.8. The van der Waals surface area contributed by atoms with Gasteiger partial charge in [0, 0.05) is 18.2 Å². The molecule has 1 saturated carbocycles. The molecule has 1 fully saturated rings. The Morgan fingerprint density at radius 1 is 0.967 bits per heavy atom. The summed E-state index contributed by atoms with van der Waals surface area (Å²) in [5, 5.41) is 5.98. The quantitative estimate of drug-likeness (QED) is 0.600. The van der Waals surface area contributed by atoms with Crippen molar-refractivity contribution in [3.05, 3.63) is 59.7 Å². The molecule has 0 aromatic heterocycles. The van der Waals surface area contributed by atoms with Gasteiger partial charge in [-0.25, -0.2) is 0 Å². The molecule has 30 heavy (non-hydrogen) atoms. The van der Waals surface area contributed by atoms with Gasteiger partial charge >= 0.3 is 0 Å². The molecule has 0 aliphatic heterocycles. The lowest BCUT2D eigenvalue weighted by Crippen LogP contribution is -2.36. The zero-order valence-corrected chi connectivity index (χ0v) is 17.5. The second-order valence-corrected chi connectivity index (χ2v) is 7.38. The first-order chi connectivity index (χ1) is 14.7. The Labute approximate surface area is 178 Å². The molecule has 0 spiro atoms. The summed E-state index contributed by atoms with van der Waals surface area (Å²) < 4.78 is 10.9. The summed E-state index contributed by atoms with van der Waals surface area (Å²) >= 11 is 0. The number of para-hydroxylation sites is 1. The summed E-state index contributed by atoms with van der Waals surface area (Å²) in [5.74, 6) is 0.166. The number of nitrogens with one attached hydrogen (secondary N) is 2. The number of benzene rings is 2. The Hall–Kier alpha value is -2.86. The van der Waals surface area contributed by atoms with Crippen LogP contribution in [0.1, 0.15) is 59.7 Å². The first-order valence-electron chi connectivity index (χ1n) is 10.7. The second-order valence-electron chi connectivity index (χ2n) is 7.38. The fourth-order valence-electron chi connectivity index (χ4n) is 3.58. The van der Waals surface area contributed by atoms with E-state index in [-0.39, 0.29) is 17.9 Å². The van der Waals surface area contributed by atoms with Crippen molar-refractivity contribution >= 4 is 17.5 Å². The first-order valence-corrected chi connectivity index (χ1v) is 10.7. The second kappa shape index (κ2) is 11.4. The highest BCUT2D eigenvalue weighted by atomic mass is 16.5. The molecule has 2 amide bonds. The minimum atomic E-state index is -0.289. The predicted molar refractivity (Wildman–Crippen MR) is 117 cm³/mol. The van der Waals surface area contributed by atoms with E-state index in [1.807, 2.05) is 6.92 Å². The standard InChI is InChI=1S/C24H30N2O4/c1-2-29-15-16-30-20-12-8-9-18(17-20)23(27)26-22-14-7-6-13-21(22)24(28)25-19-10-4-3-5-11-19/h6-9,12-14,17,19H,2-5,10-11,15-16H2,1H3,(H,25,28)(H,26,27). The van der Waals surface area contributed by atoms with E-state index >= 15 is 0 Å². The lowest BCUT2D eigenvalue weighted by molar-refractivity contribution is 0.0928. The van der Waals surface area contributed by atoms with Crippen LogP contribution in [0.25, 0.3) is 0 Å². The fraction of sp³-hybridized carbons (Fsp3) is 0.417. The van der Waals surface area contributed by atoms with Gasteiger partial charge in [-0.2, -0.15) is 0 Å². The molecule has 6 heteroatoms. The third-order valence-electron chi connectivity index (χ3n) is 5.16. The molecule has 0 bridgehead atoms. The van der Waals surface area contributed by atoms with E-state index in [4.69, 9.17) is 9.47 Å². The van der Waals surface area contributed by atoms with Crippen molar-refractivity contribution in [1.82, 2.24) is 5.32 Å². The maximum Gasteiger partial charge on any atom is 0.255 e. The Balaban J connectivity index is 1.64. The van der Waals surface area contributed by atoms with E-state index in [0.29, 0.717) is 42.4 Å². The van der Waals surface area contributed by atoms with Crippen molar-refractivity contribution in [2.45, 2.75) is 45.1 Å². The van der Waals surface area contributed by atoms with E-state index in [2.05, 4.69) is 10.6 Å². The van der Waals surface area contributed by atoms with Crippen molar-refractivity contribution in [3.63, 3.8) is 0 Å². The summed E-state index contributed by atoms with van der Waals surface area (Å²) in [6, 6.07) is 14.3. The predicted octanol–water partition coefficient (Wildman–Crippen LogP) is 4.42. The summed E-state index contributed by atoms with van der Waals surface area (Å²) in [7, 11) is 0. The van der Waals surface area contributed by atoms with E-state index in [0.717, 1.165) is 25.7 Å².